The van der Waals surface area contributed by atoms with E-state index in [2.05, 4.69) is 51.8 Å². The van der Waals surface area contributed by atoms with Crippen molar-refractivity contribution in [2.24, 2.45) is 5.41 Å². The number of amides is 1. The number of hydrogen-bond donors (Lipinski definition) is 1. The van der Waals surface area contributed by atoms with Gasteiger partial charge in [0, 0.05) is 23.2 Å². The Kier molecular flexibility index (Phi) is 3.08. The van der Waals surface area contributed by atoms with Crippen LogP contribution in [0.4, 0.5) is 0 Å². The minimum Gasteiger partial charge on any atom is -0.371 e. The van der Waals surface area contributed by atoms with E-state index in [0.29, 0.717) is 5.91 Å². The average molecular weight is 294 g/mol. The van der Waals surface area contributed by atoms with Crippen molar-refractivity contribution in [1.82, 2.24) is 10.2 Å². The Hall–Kier alpha value is -0.610. The zero-order valence-electron chi connectivity index (χ0n) is 14.4. The van der Waals surface area contributed by atoms with Gasteiger partial charge in [0.1, 0.15) is 0 Å². The summed E-state index contributed by atoms with van der Waals surface area (Å²) in [6.07, 6.45) is 3.08. The van der Waals surface area contributed by atoms with E-state index >= 15 is 0 Å². The monoisotopic (exact) mass is 294 g/mol. The number of rotatable bonds is 2. The van der Waals surface area contributed by atoms with E-state index in [0.717, 1.165) is 32.4 Å². The fourth-order valence-corrected chi connectivity index (χ4v) is 5.30. The normalized spacial score (nSPS) is 35.2. The van der Waals surface area contributed by atoms with Gasteiger partial charge in [0.25, 0.3) is 0 Å². The van der Waals surface area contributed by atoms with Crippen LogP contribution in [0.25, 0.3) is 0 Å². The van der Waals surface area contributed by atoms with Crippen molar-refractivity contribution in [2.75, 3.05) is 13.2 Å². The molecule has 1 unspecified atom stereocenters. The number of nitrogens with zero attached hydrogens (tertiary/aromatic N) is 1. The number of ether oxygens (including phenoxy) is 1. The molecule has 0 bridgehead atoms. The first kappa shape index (κ1) is 15.3. The zero-order chi connectivity index (χ0) is 15.7. The Morgan fingerprint density at radius 2 is 1.62 bits per heavy atom. The Balaban J connectivity index is 1.92. The molecule has 3 heterocycles. The summed E-state index contributed by atoms with van der Waals surface area (Å²) in [7, 11) is 0. The molecule has 0 aromatic carbocycles. The van der Waals surface area contributed by atoms with Crippen LogP contribution in [-0.4, -0.2) is 46.7 Å². The van der Waals surface area contributed by atoms with Gasteiger partial charge in [0.05, 0.1) is 18.1 Å². The van der Waals surface area contributed by atoms with E-state index in [1.165, 1.54) is 0 Å². The average Bonchev–Trinajstić information content (AvgIpc) is 2.99. The summed E-state index contributed by atoms with van der Waals surface area (Å²) in [6.45, 7) is 14.9. The molecule has 3 saturated heterocycles. The predicted molar refractivity (Wildman–Crippen MR) is 83.1 cm³/mol. The Morgan fingerprint density at radius 1 is 1.10 bits per heavy atom. The highest BCUT2D eigenvalue weighted by molar-refractivity contribution is 5.86. The SMILES string of the molecule is CC1(C)CC2(CC(C)(C)N1)CC(C)(C)N(CC1CO1)C2=O. The van der Waals surface area contributed by atoms with Gasteiger partial charge in [-0.15, -0.1) is 0 Å². The molecule has 0 aromatic heterocycles. The van der Waals surface area contributed by atoms with E-state index < -0.39 is 0 Å². The zero-order valence-corrected chi connectivity index (χ0v) is 14.4. The summed E-state index contributed by atoms with van der Waals surface area (Å²) in [5.41, 5.74) is -0.275. The van der Waals surface area contributed by atoms with E-state index in [9.17, 15) is 4.79 Å². The molecular weight excluding hydrogens is 264 g/mol. The van der Waals surface area contributed by atoms with E-state index in [-0.39, 0.29) is 28.1 Å². The summed E-state index contributed by atoms with van der Waals surface area (Å²) in [6, 6.07) is 0. The van der Waals surface area contributed by atoms with Gasteiger partial charge in [0.2, 0.25) is 5.91 Å². The molecule has 1 amide bonds. The molecule has 3 aliphatic rings. The summed E-state index contributed by atoms with van der Waals surface area (Å²) >= 11 is 0. The van der Waals surface area contributed by atoms with Crippen LogP contribution in [0, 0.1) is 5.41 Å². The topological polar surface area (TPSA) is 44.9 Å². The van der Waals surface area contributed by atoms with Crippen molar-refractivity contribution >= 4 is 5.91 Å². The molecular formula is C17H30N2O2. The molecule has 1 atom stereocenters. The molecule has 120 valence electrons. The lowest BCUT2D eigenvalue weighted by molar-refractivity contribution is -0.142. The first-order valence-electron chi connectivity index (χ1n) is 8.18. The van der Waals surface area contributed by atoms with Gasteiger partial charge in [-0.3, -0.25) is 4.79 Å². The van der Waals surface area contributed by atoms with Crippen LogP contribution in [0.3, 0.4) is 0 Å². The third-order valence-corrected chi connectivity index (χ3v) is 5.23. The van der Waals surface area contributed by atoms with E-state index in [1.54, 1.807) is 0 Å². The fourth-order valence-electron chi connectivity index (χ4n) is 5.30. The minimum atomic E-state index is -0.212. The number of hydrogen-bond acceptors (Lipinski definition) is 3. The third kappa shape index (κ3) is 2.72. The third-order valence-electron chi connectivity index (χ3n) is 5.23. The van der Waals surface area contributed by atoms with Crippen LogP contribution in [0.15, 0.2) is 0 Å². The van der Waals surface area contributed by atoms with Gasteiger partial charge in [-0.1, -0.05) is 0 Å². The minimum absolute atomic E-state index is 0.000416. The Bertz CT molecular complexity index is 447. The van der Waals surface area contributed by atoms with E-state index in [1.807, 2.05) is 0 Å². The Morgan fingerprint density at radius 3 is 2.10 bits per heavy atom. The summed E-state index contributed by atoms with van der Waals surface area (Å²) < 4.78 is 5.36. The van der Waals surface area contributed by atoms with Gasteiger partial charge < -0.3 is 15.0 Å². The Labute approximate surface area is 128 Å². The molecule has 0 aromatic rings. The molecule has 21 heavy (non-hydrogen) atoms. The van der Waals surface area contributed by atoms with Crippen LogP contribution in [-0.2, 0) is 9.53 Å². The highest BCUT2D eigenvalue weighted by Crippen LogP contribution is 2.54. The van der Waals surface area contributed by atoms with Crippen molar-refractivity contribution in [3.05, 3.63) is 0 Å². The predicted octanol–water partition coefficient (Wildman–Crippen LogP) is 2.32. The standard InChI is InChI=1S/C17H30N2O2/c1-14(2)9-17(10-15(3,4)18-14)11-16(5,6)19(13(17)20)7-12-8-21-12/h12,18H,7-11H2,1-6H3. The number of carbonyl (C=O) groups is 1. The molecule has 4 nitrogen and oxygen atoms in total. The highest BCUT2D eigenvalue weighted by Gasteiger charge is 2.61. The molecule has 0 radical (unpaired) electrons. The maximum atomic E-state index is 13.3. The second-order valence-corrected chi connectivity index (χ2v) is 9.39. The lowest BCUT2D eigenvalue weighted by Gasteiger charge is -2.50. The molecule has 0 aliphatic carbocycles. The number of epoxide rings is 1. The van der Waals surface area contributed by atoms with Gasteiger partial charge in [-0.25, -0.2) is 0 Å². The van der Waals surface area contributed by atoms with Crippen molar-refractivity contribution < 1.29 is 9.53 Å². The molecule has 3 aliphatic heterocycles. The maximum absolute atomic E-state index is 13.3. The lowest BCUT2D eigenvalue weighted by Crippen LogP contribution is -2.62. The number of piperidine rings is 1. The van der Waals surface area contributed by atoms with E-state index in [4.69, 9.17) is 4.74 Å². The van der Waals surface area contributed by atoms with Crippen LogP contribution >= 0.6 is 0 Å². The maximum Gasteiger partial charge on any atom is 0.229 e. The molecule has 1 N–H and O–H groups in total. The van der Waals surface area contributed by atoms with Gasteiger partial charge in [-0.05, 0) is 60.8 Å². The first-order chi connectivity index (χ1) is 9.45. The van der Waals surface area contributed by atoms with Crippen molar-refractivity contribution in [3.8, 4) is 0 Å². The van der Waals surface area contributed by atoms with Crippen LogP contribution in [0.2, 0.25) is 0 Å². The molecule has 3 rings (SSSR count). The van der Waals surface area contributed by atoms with Crippen LogP contribution in [0.5, 0.6) is 0 Å². The summed E-state index contributed by atoms with van der Waals surface area (Å²) in [4.78, 5) is 15.4. The van der Waals surface area contributed by atoms with Gasteiger partial charge in [-0.2, -0.15) is 0 Å². The second-order valence-electron chi connectivity index (χ2n) is 9.39. The summed E-state index contributed by atoms with van der Waals surface area (Å²) in [5.74, 6) is 0.352. The number of nitrogens with one attached hydrogen (secondary N) is 1. The molecule has 3 fully saturated rings. The second kappa shape index (κ2) is 4.23. The fraction of sp³-hybridized carbons (Fsp3) is 0.941. The van der Waals surface area contributed by atoms with Gasteiger partial charge in [0.15, 0.2) is 0 Å². The first-order valence-corrected chi connectivity index (χ1v) is 8.18. The van der Waals surface area contributed by atoms with Crippen molar-refractivity contribution in [3.63, 3.8) is 0 Å². The van der Waals surface area contributed by atoms with Crippen molar-refractivity contribution in [2.45, 2.75) is 83.5 Å². The smallest absolute Gasteiger partial charge is 0.229 e. The highest BCUT2D eigenvalue weighted by atomic mass is 16.6. The molecule has 4 heteroatoms. The number of likely N-dealkylation sites (tertiary alicyclic amines) is 1. The quantitative estimate of drug-likeness (QED) is 0.795. The van der Waals surface area contributed by atoms with Crippen LogP contribution < -0.4 is 5.32 Å². The van der Waals surface area contributed by atoms with Crippen LogP contribution in [0.1, 0.15) is 60.8 Å². The van der Waals surface area contributed by atoms with Crippen molar-refractivity contribution in [1.29, 1.82) is 0 Å². The molecule has 1 spiro atoms. The summed E-state index contributed by atoms with van der Waals surface area (Å²) in [5, 5.41) is 3.70. The number of carbonyl (C=O) groups excluding carboxylic acids is 1. The van der Waals surface area contributed by atoms with Gasteiger partial charge >= 0.3 is 0 Å². The lowest BCUT2D eigenvalue weighted by atomic mass is 9.63. The largest absolute Gasteiger partial charge is 0.371 e. The molecule has 0 saturated carbocycles.